The van der Waals surface area contributed by atoms with Gasteiger partial charge in [0.15, 0.2) is 5.69 Å². The molecule has 206 valence electrons. The summed E-state index contributed by atoms with van der Waals surface area (Å²) >= 11 is 0. The largest absolute Gasteiger partial charge is 0.480 e. The van der Waals surface area contributed by atoms with Crippen LogP contribution in [0.4, 0.5) is 0 Å². The van der Waals surface area contributed by atoms with Crippen molar-refractivity contribution in [1.82, 2.24) is 30.0 Å². The van der Waals surface area contributed by atoms with Crippen LogP contribution in [-0.4, -0.2) is 84.8 Å². The molecule has 3 heterocycles. The Morgan fingerprint density at radius 1 is 1.26 bits per heavy atom. The number of sulfonamides is 1. The number of hydrogen-bond donors (Lipinski definition) is 4. The summed E-state index contributed by atoms with van der Waals surface area (Å²) in [5.74, 6) is -1.86. The Hall–Kier alpha value is -3.29. The van der Waals surface area contributed by atoms with Crippen LogP contribution in [0.5, 0.6) is 0 Å². The van der Waals surface area contributed by atoms with Gasteiger partial charge in [0.2, 0.25) is 10.0 Å². The van der Waals surface area contributed by atoms with Crippen molar-refractivity contribution < 1.29 is 29.3 Å². The third-order valence-corrected chi connectivity index (χ3v) is 8.30. The molecule has 0 saturated carbocycles. The Kier molecular flexibility index (Phi) is 8.35. The number of benzene rings is 1. The molecule has 0 aliphatic carbocycles. The minimum Gasteiger partial charge on any atom is -0.480 e. The monoisotopic (exact) mass is 548 g/mol. The molecule has 4 rings (SSSR count). The molecule has 0 radical (unpaired) electrons. The van der Waals surface area contributed by atoms with Gasteiger partial charge in [0.25, 0.3) is 11.8 Å². The van der Waals surface area contributed by atoms with E-state index in [2.05, 4.69) is 15.7 Å². The van der Waals surface area contributed by atoms with E-state index in [1.54, 1.807) is 11.8 Å². The van der Waals surface area contributed by atoms with Crippen LogP contribution >= 0.6 is 0 Å². The summed E-state index contributed by atoms with van der Waals surface area (Å²) in [5, 5.41) is 19.5. The number of carbonyl (C=O) groups is 3. The molecule has 1 fully saturated rings. The van der Waals surface area contributed by atoms with Crippen LogP contribution in [0.15, 0.2) is 35.2 Å². The first-order valence-electron chi connectivity index (χ1n) is 13.2. The van der Waals surface area contributed by atoms with Gasteiger partial charge in [-0.05, 0) is 63.7 Å². The lowest BCUT2D eigenvalue weighted by Gasteiger charge is -2.26. The smallest absolute Gasteiger partial charge is 0.323 e. The highest BCUT2D eigenvalue weighted by Gasteiger charge is 2.29. The lowest BCUT2D eigenvalue weighted by atomic mass is 9.94. The summed E-state index contributed by atoms with van der Waals surface area (Å²) in [5.41, 5.74) is 0.918. The highest BCUT2D eigenvalue weighted by Crippen LogP contribution is 2.19. The molecule has 0 bridgehead atoms. The molecule has 0 spiro atoms. The first-order chi connectivity index (χ1) is 18.5. The van der Waals surface area contributed by atoms with Crippen LogP contribution in [0, 0.1) is 12.8 Å². The molecule has 1 saturated heterocycles. The third-order valence-electron chi connectivity index (χ3n) is 6.87. The zero-order chi connectivity index (χ0) is 28.2. The predicted molar refractivity (Wildman–Crippen MR) is 138 cm³/mol. The second-order valence-electron chi connectivity index (χ2n) is 9.72. The number of nitrogens with zero attached hydrogens (tertiary/aromatic N) is 3. The van der Waals surface area contributed by atoms with Crippen LogP contribution in [0.25, 0.3) is 0 Å². The summed E-state index contributed by atoms with van der Waals surface area (Å²) in [6.07, 6.45) is 3.79. The number of amides is 2. The molecule has 2 aliphatic rings. The molecule has 38 heavy (non-hydrogen) atoms. The fraction of sp³-hybridized carbons (Fsp3) is 0.520. The highest BCUT2D eigenvalue weighted by atomic mass is 32.2. The molecule has 1 aromatic carbocycles. The first-order valence-corrected chi connectivity index (χ1v) is 14.2. The van der Waals surface area contributed by atoms with Gasteiger partial charge < -0.3 is 20.6 Å². The number of carboxylic acids is 1. The van der Waals surface area contributed by atoms with Crippen molar-refractivity contribution in [2.75, 3.05) is 32.7 Å². The minimum atomic E-state index is -4.34. The molecule has 2 aliphatic heterocycles. The highest BCUT2D eigenvalue weighted by molar-refractivity contribution is 7.89. The zero-order valence-electron chi connectivity index (χ0n) is 22.3. The zero-order valence-corrected chi connectivity index (χ0v) is 22.1. The SMILES string of the molecule is [3H]c1cc(C)ccc1S(=O)(=O)N[C@@H](CNC(=O)c1cc2n(n1)CCCN(CCC1CCNCC1)C2=O)C(=O)O. The molecule has 2 amide bonds. The van der Waals surface area contributed by atoms with E-state index in [1.165, 1.54) is 28.9 Å². The molecule has 1 aromatic heterocycles. The van der Waals surface area contributed by atoms with Crippen LogP contribution in [0.1, 0.15) is 53.6 Å². The molecule has 2 aromatic rings. The van der Waals surface area contributed by atoms with Gasteiger partial charge >= 0.3 is 5.97 Å². The Morgan fingerprint density at radius 2 is 2.03 bits per heavy atom. The van der Waals surface area contributed by atoms with Gasteiger partial charge in [-0.1, -0.05) is 17.7 Å². The fourth-order valence-electron chi connectivity index (χ4n) is 4.64. The number of aromatic nitrogens is 2. The molecular formula is C25H34N6O6S. The number of piperidine rings is 1. The molecule has 1 atom stereocenters. The number of carbonyl (C=O) groups excluding carboxylic acids is 2. The molecule has 0 unspecified atom stereocenters. The maximum atomic E-state index is 13.2. The molecule has 4 N–H and O–H groups in total. The Bertz CT molecular complexity index is 1340. The Balaban J connectivity index is 1.39. The van der Waals surface area contributed by atoms with Gasteiger partial charge in [0.05, 0.1) is 6.27 Å². The first kappa shape index (κ1) is 26.3. The second-order valence-corrected chi connectivity index (χ2v) is 11.4. The normalized spacial score (nSPS) is 17.9. The van der Waals surface area contributed by atoms with Crippen molar-refractivity contribution in [1.29, 1.82) is 0 Å². The number of carboxylic acid groups (broad SMARTS) is 1. The van der Waals surface area contributed by atoms with Gasteiger partial charge in [-0.25, -0.2) is 8.42 Å². The van der Waals surface area contributed by atoms with E-state index in [9.17, 15) is 27.9 Å². The second kappa shape index (κ2) is 12.0. The minimum absolute atomic E-state index is 0.0578. The number of rotatable bonds is 10. The Labute approximate surface area is 223 Å². The fourth-order valence-corrected chi connectivity index (χ4v) is 5.79. The van der Waals surface area contributed by atoms with E-state index >= 15 is 0 Å². The molecule has 13 heteroatoms. The average molecular weight is 549 g/mol. The summed E-state index contributed by atoms with van der Waals surface area (Å²) in [4.78, 5) is 39.2. The summed E-state index contributed by atoms with van der Waals surface area (Å²) in [6, 6.07) is 3.51. The number of nitrogens with one attached hydrogen (secondary N) is 3. The van der Waals surface area contributed by atoms with E-state index in [-0.39, 0.29) is 22.5 Å². The van der Waals surface area contributed by atoms with E-state index in [1.807, 2.05) is 4.72 Å². The number of aliphatic carboxylic acids is 1. The van der Waals surface area contributed by atoms with E-state index in [4.69, 9.17) is 1.37 Å². The summed E-state index contributed by atoms with van der Waals surface area (Å²) < 4.78 is 36.9. The Morgan fingerprint density at radius 3 is 2.74 bits per heavy atom. The van der Waals surface area contributed by atoms with Crippen LogP contribution in [0.3, 0.4) is 0 Å². The van der Waals surface area contributed by atoms with E-state index in [0.717, 1.165) is 32.4 Å². The standard InChI is InChI=1S/C25H34N6O6S/c1-17-3-5-19(6-4-17)38(36,37)29-21(25(34)35)16-27-23(32)20-15-22-24(33)30(12-2-13-31(22)28-20)14-9-18-7-10-26-11-8-18/h3-6,15,18,21,26,29H,2,7-14,16H2,1H3,(H,27,32)(H,34,35)/t21-/m0/s1/i5T. The lowest BCUT2D eigenvalue weighted by Crippen LogP contribution is -2.48. The van der Waals surface area contributed by atoms with E-state index < -0.39 is 34.5 Å². The van der Waals surface area contributed by atoms with Crippen molar-refractivity contribution in [3.8, 4) is 0 Å². The van der Waals surface area contributed by atoms with Crippen LogP contribution < -0.4 is 15.4 Å². The lowest BCUT2D eigenvalue weighted by molar-refractivity contribution is -0.138. The average Bonchev–Trinajstić information content (AvgIpc) is 3.26. The van der Waals surface area contributed by atoms with Gasteiger partial charge in [0, 0.05) is 32.2 Å². The maximum absolute atomic E-state index is 13.2. The quantitative estimate of drug-likeness (QED) is 0.335. The number of hydrogen-bond acceptors (Lipinski definition) is 7. The van der Waals surface area contributed by atoms with Crippen molar-refractivity contribution in [3.63, 3.8) is 0 Å². The summed E-state index contributed by atoms with van der Waals surface area (Å²) in [7, 11) is -4.34. The van der Waals surface area contributed by atoms with Crippen LogP contribution in [0.2, 0.25) is 0 Å². The maximum Gasteiger partial charge on any atom is 0.323 e. The van der Waals surface area contributed by atoms with Gasteiger partial charge in [-0.15, -0.1) is 0 Å². The van der Waals surface area contributed by atoms with Crippen LogP contribution in [-0.2, 0) is 21.4 Å². The van der Waals surface area contributed by atoms with Crippen molar-refractivity contribution in [2.45, 2.75) is 50.1 Å². The number of fused-ring (bicyclic) bond motifs is 1. The summed E-state index contributed by atoms with van der Waals surface area (Å²) in [6.45, 7) is 4.82. The van der Waals surface area contributed by atoms with Gasteiger partial charge in [-0.3, -0.25) is 19.1 Å². The molecule has 12 nitrogen and oxygen atoms in total. The molecular weight excluding hydrogens is 512 g/mol. The van der Waals surface area contributed by atoms with Gasteiger partial charge in [0.1, 0.15) is 11.7 Å². The van der Waals surface area contributed by atoms with Crippen molar-refractivity contribution >= 4 is 27.8 Å². The third kappa shape index (κ3) is 6.77. The van der Waals surface area contributed by atoms with Crippen molar-refractivity contribution in [2.24, 2.45) is 5.92 Å². The van der Waals surface area contributed by atoms with E-state index in [0.29, 0.717) is 43.2 Å². The predicted octanol–water partition coefficient (Wildman–Crippen LogP) is 0.589. The topological polar surface area (TPSA) is 163 Å². The van der Waals surface area contributed by atoms with Crippen molar-refractivity contribution in [3.05, 3.63) is 47.3 Å². The van der Waals surface area contributed by atoms with Gasteiger partial charge in [-0.2, -0.15) is 9.82 Å². The number of aryl methyl sites for hydroxylation is 2.